The van der Waals surface area contributed by atoms with E-state index in [1.165, 1.54) is 18.2 Å². The van der Waals surface area contributed by atoms with Gasteiger partial charge in [0.2, 0.25) is 10.0 Å². The fourth-order valence-corrected chi connectivity index (χ4v) is 6.45. The molecule has 0 bridgehead atoms. The van der Waals surface area contributed by atoms with Gasteiger partial charge < -0.3 is 9.47 Å². The molecule has 2 aromatic rings. The van der Waals surface area contributed by atoms with Gasteiger partial charge in [0.05, 0.1) is 26.3 Å². The lowest BCUT2D eigenvalue weighted by Gasteiger charge is -2.42. The van der Waals surface area contributed by atoms with Crippen LogP contribution in [0.25, 0.3) is 0 Å². The van der Waals surface area contributed by atoms with Crippen molar-refractivity contribution in [3.8, 4) is 11.8 Å². The van der Waals surface area contributed by atoms with Crippen molar-refractivity contribution < 1.29 is 27.6 Å². The Kier molecular flexibility index (Phi) is 6.61. The highest BCUT2D eigenvalue weighted by Gasteiger charge is 2.47. The molecule has 0 N–H and O–H groups in total. The number of alkyl halides is 1. The van der Waals surface area contributed by atoms with Crippen molar-refractivity contribution in [3.63, 3.8) is 0 Å². The maximum atomic E-state index is 13.3. The van der Waals surface area contributed by atoms with Gasteiger partial charge in [-0.2, -0.15) is 9.57 Å². The van der Waals surface area contributed by atoms with Gasteiger partial charge in [-0.3, -0.25) is 14.9 Å². The first-order valence-corrected chi connectivity index (χ1v) is 13.1. The maximum Gasteiger partial charge on any atom is 0.325 e. The number of sulfonamides is 1. The minimum atomic E-state index is -4.19. The lowest BCUT2D eigenvalue weighted by atomic mass is 9.90. The zero-order valence-corrected chi connectivity index (χ0v) is 21.3. The van der Waals surface area contributed by atoms with Crippen LogP contribution in [0.15, 0.2) is 47.4 Å². The summed E-state index contributed by atoms with van der Waals surface area (Å²) in [6, 6.07) is 10.5. The number of nitriles is 1. The van der Waals surface area contributed by atoms with Crippen LogP contribution < -0.4 is 4.74 Å². The molecule has 0 unspecified atom stereocenters. The summed E-state index contributed by atoms with van der Waals surface area (Å²) in [6.07, 6.45) is -0.157. The second kappa shape index (κ2) is 9.22. The summed E-state index contributed by atoms with van der Waals surface area (Å²) in [5.41, 5.74) is -0.259. The highest BCUT2D eigenvalue weighted by Crippen LogP contribution is 2.46. The summed E-state index contributed by atoms with van der Waals surface area (Å²) in [6.45, 7) is 3.73. The Morgan fingerprint density at radius 3 is 2.74 bits per heavy atom. The number of ether oxygens (including phenoxy) is 2. The van der Waals surface area contributed by atoms with Crippen LogP contribution >= 0.6 is 15.9 Å². The molecule has 2 heterocycles. The first-order valence-electron chi connectivity index (χ1n) is 10.8. The van der Waals surface area contributed by atoms with Gasteiger partial charge in [-0.15, -0.1) is 0 Å². The monoisotopic (exact) mass is 563 g/mol. The molecule has 184 valence electrons. The molecule has 0 aromatic heterocycles. The summed E-state index contributed by atoms with van der Waals surface area (Å²) in [5.74, 6) is -0.271. The van der Waals surface area contributed by atoms with Crippen LogP contribution in [-0.2, 0) is 19.6 Å². The molecule has 1 fully saturated rings. The summed E-state index contributed by atoms with van der Waals surface area (Å²) in [4.78, 5) is 23.0. The van der Waals surface area contributed by atoms with E-state index in [4.69, 9.17) is 9.47 Å². The molecule has 2 aliphatic rings. The van der Waals surface area contributed by atoms with Crippen molar-refractivity contribution in [1.82, 2.24) is 4.31 Å². The summed E-state index contributed by atoms with van der Waals surface area (Å²) in [5, 5.41) is 20.4. The Morgan fingerprint density at radius 2 is 2.06 bits per heavy atom. The molecule has 10 nitrogen and oxygen atoms in total. The van der Waals surface area contributed by atoms with E-state index in [-0.39, 0.29) is 23.5 Å². The van der Waals surface area contributed by atoms with E-state index in [0.29, 0.717) is 23.3 Å². The number of non-ortho nitro benzene ring substituents is 1. The van der Waals surface area contributed by atoms with Crippen molar-refractivity contribution in [2.24, 2.45) is 0 Å². The van der Waals surface area contributed by atoms with Crippen LogP contribution in [0.5, 0.6) is 5.75 Å². The van der Waals surface area contributed by atoms with Gasteiger partial charge >= 0.3 is 5.97 Å². The highest BCUT2D eigenvalue weighted by molar-refractivity contribution is 9.09. The number of fused-ring (bicyclic) bond motifs is 1. The molecule has 0 aliphatic carbocycles. The van der Waals surface area contributed by atoms with E-state index >= 15 is 0 Å². The first-order chi connectivity index (χ1) is 16.5. The van der Waals surface area contributed by atoms with Crippen LogP contribution in [-0.4, -0.2) is 46.6 Å². The van der Waals surface area contributed by atoms with Gasteiger partial charge in [-0.25, -0.2) is 8.42 Å². The van der Waals surface area contributed by atoms with E-state index in [9.17, 15) is 28.6 Å². The zero-order valence-electron chi connectivity index (χ0n) is 18.9. The molecule has 0 amide bonds. The third-order valence-corrected chi connectivity index (χ3v) is 9.59. The van der Waals surface area contributed by atoms with E-state index in [2.05, 4.69) is 22.0 Å². The van der Waals surface area contributed by atoms with E-state index in [1.54, 1.807) is 18.2 Å². The fraction of sp³-hybridized carbons (Fsp3) is 0.391. The predicted octanol–water partition coefficient (Wildman–Crippen LogP) is 3.84. The molecule has 2 aliphatic heterocycles. The minimum Gasteiger partial charge on any atom is -0.486 e. The number of hydrogen-bond donors (Lipinski definition) is 0. The molecule has 12 heteroatoms. The Labute approximate surface area is 210 Å². The van der Waals surface area contributed by atoms with Crippen LogP contribution in [0.2, 0.25) is 0 Å². The molecule has 1 saturated heterocycles. The second-order valence-corrected chi connectivity index (χ2v) is 11.7. The number of halogens is 1. The third kappa shape index (κ3) is 4.63. The van der Waals surface area contributed by atoms with Gasteiger partial charge in [0.1, 0.15) is 23.5 Å². The van der Waals surface area contributed by atoms with Gasteiger partial charge in [-0.1, -0.05) is 22.0 Å². The van der Waals surface area contributed by atoms with Crippen LogP contribution in [0, 0.1) is 21.4 Å². The van der Waals surface area contributed by atoms with Crippen molar-refractivity contribution in [2.45, 2.75) is 54.2 Å². The van der Waals surface area contributed by atoms with Gasteiger partial charge in [0, 0.05) is 24.2 Å². The second-order valence-electron chi connectivity index (χ2n) is 8.86. The number of nitrogens with zero attached hydrogens (tertiary/aromatic N) is 3. The highest BCUT2D eigenvalue weighted by atomic mass is 79.9. The number of carbonyl (C=O) groups is 1. The van der Waals surface area contributed by atoms with Crippen LogP contribution in [0.3, 0.4) is 0 Å². The number of esters is 1. The maximum absolute atomic E-state index is 13.3. The fourth-order valence-electron chi connectivity index (χ4n) is 4.28. The number of rotatable bonds is 5. The Morgan fingerprint density at radius 1 is 1.31 bits per heavy atom. The molecule has 0 saturated carbocycles. The normalized spacial score (nSPS) is 23.5. The first kappa shape index (κ1) is 25.1. The van der Waals surface area contributed by atoms with Crippen LogP contribution in [0.1, 0.15) is 43.9 Å². The van der Waals surface area contributed by atoms with Crippen molar-refractivity contribution in [2.75, 3.05) is 6.54 Å². The molecule has 4 rings (SSSR count). The quantitative estimate of drug-likeness (QED) is 0.231. The minimum absolute atomic E-state index is 0.0803. The summed E-state index contributed by atoms with van der Waals surface area (Å²) < 4.78 is 39.5. The van der Waals surface area contributed by atoms with Crippen molar-refractivity contribution >= 4 is 37.6 Å². The zero-order chi connectivity index (χ0) is 25.5. The molecule has 2 aromatic carbocycles. The van der Waals surface area contributed by atoms with Gasteiger partial charge in [0.25, 0.3) is 5.69 Å². The molecule has 0 spiro atoms. The Balaban J connectivity index is 1.64. The molecular formula is C23H22BrN3O7S. The van der Waals surface area contributed by atoms with Crippen molar-refractivity contribution in [1.29, 1.82) is 5.26 Å². The van der Waals surface area contributed by atoms with E-state index in [1.807, 2.05) is 13.8 Å². The number of nitro groups is 1. The predicted molar refractivity (Wildman–Crippen MR) is 127 cm³/mol. The largest absolute Gasteiger partial charge is 0.486 e. The topological polar surface area (TPSA) is 140 Å². The van der Waals surface area contributed by atoms with Gasteiger partial charge in [-0.05, 0) is 51.0 Å². The third-order valence-electron chi connectivity index (χ3n) is 6.10. The number of benzene rings is 2. The number of carbonyl (C=O) groups excluding carboxylic acids is 1. The van der Waals surface area contributed by atoms with E-state index in [0.717, 1.165) is 10.4 Å². The number of nitro benzene ring substituents is 1. The Hall–Kier alpha value is -3.01. The smallest absolute Gasteiger partial charge is 0.325 e. The van der Waals surface area contributed by atoms with Crippen LogP contribution in [0.4, 0.5) is 5.69 Å². The summed E-state index contributed by atoms with van der Waals surface area (Å²) >= 11 is 3.56. The molecule has 3 atom stereocenters. The Bertz CT molecular complexity index is 1340. The average molecular weight is 564 g/mol. The van der Waals surface area contributed by atoms with E-state index < -0.39 is 43.5 Å². The SMILES string of the molecule is CC1(C)Oc2ccc(C#N)cc2[C@H](OC(=O)[C@@H]2CCCN2S(=O)(=O)c2cccc([N+](=O)[O-])c2)[C@H]1Br. The molecule has 35 heavy (non-hydrogen) atoms. The van der Waals surface area contributed by atoms with Crippen molar-refractivity contribution in [3.05, 3.63) is 63.7 Å². The molecular weight excluding hydrogens is 542 g/mol. The summed E-state index contributed by atoms with van der Waals surface area (Å²) in [7, 11) is -4.19. The lowest BCUT2D eigenvalue weighted by Crippen LogP contribution is -2.48. The lowest BCUT2D eigenvalue weighted by molar-refractivity contribution is -0.385. The van der Waals surface area contributed by atoms with Gasteiger partial charge in [0.15, 0.2) is 0 Å². The average Bonchev–Trinajstić information content (AvgIpc) is 3.33. The number of hydrogen-bond acceptors (Lipinski definition) is 8. The standard InChI is InChI=1S/C23H22BrN3O7S/c1-23(2)21(24)20(17-11-14(13-25)8-9-19(17)34-23)33-22(28)18-7-4-10-26(18)35(31,32)16-6-3-5-15(12-16)27(29)30/h3,5-6,8-9,11-12,18,20-21H,4,7,10H2,1-2H3/t18-,20-,21+/m0/s1. The molecule has 0 radical (unpaired) electrons.